The Morgan fingerprint density at radius 3 is 2.72 bits per heavy atom. The maximum absolute atomic E-state index is 12.1. The van der Waals surface area contributed by atoms with Gasteiger partial charge < -0.3 is 25.6 Å². The Morgan fingerprint density at radius 1 is 1.14 bits per heavy atom. The average molecular weight is 531 g/mol. The van der Waals surface area contributed by atoms with Crippen LogP contribution in [0.15, 0.2) is 43.1 Å². The van der Waals surface area contributed by atoms with E-state index in [2.05, 4.69) is 35.6 Å². The number of ether oxygens (including phenoxy) is 1. The third kappa shape index (κ3) is 4.56. The van der Waals surface area contributed by atoms with E-state index in [0.717, 1.165) is 0 Å². The lowest BCUT2D eigenvalue weighted by atomic mass is 10.1. The summed E-state index contributed by atoms with van der Waals surface area (Å²) in [5.41, 5.74) is 1.86. The molecule has 4 N–H and O–H groups in total. The smallest absolute Gasteiger partial charge is 0.251 e. The first-order chi connectivity index (χ1) is 17.4. The Bertz CT molecular complexity index is 1430. The fourth-order valence-corrected chi connectivity index (χ4v) is 4.21. The van der Waals surface area contributed by atoms with Crippen LogP contribution >= 0.6 is 23.2 Å². The van der Waals surface area contributed by atoms with E-state index in [-0.39, 0.29) is 18.0 Å². The number of amides is 1. The van der Waals surface area contributed by atoms with Crippen LogP contribution in [0, 0.1) is 0 Å². The van der Waals surface area contributed by atoms with Gasteiger partial charge in [0.2, 0.25) is 0 Å². The highest BCUT2D eigenvalue weighted by Gasteiger charge is 2.47. The van der Waals surface area contributed by atoms with E-state index in [4.69, 9.17) is 27.9 Å². The summed E-state index contributed by atoms with van der Waals surface area (Å²) in [5.74, 6) is 0.0771. The Hall–Kier alpha value is -3.42. The van der Waals surface area contributed by atoms with Gasteiger partial charge in [-0.05, 0) is 18.2 Å². The van der Waals surface area contributed by atoms with Crippen molar-refractivity contribution < 1.29 is 19.7 Å². The Labute approximate surface area is 214 Å². The van der Waals surface area contributed by atoms with Crippen molar-refractivity contribution >= 4 is 46.1 Å². The minimum Gasteiger partial charge on any atom is -0.387 e. The molecule has 36 heavy (non-hydrogen) atoms. The average Bonchev–Trinajstić information content (AvgIpc) is 3.43. The quantitative estimate of drug-likeness (QED) is 0.288. The van der Waals surface area contributed by atoms with Crippen LogP contribution < -0.4 is 10.6 Å². The summed E-state index contributed by atoms with van der Waals surface area (Å²) in [6.45, 7) is 0.285. The van der Waals surface area contributed by atoms with Gasteiger partial charge in [-0.15, -0.1) is 0 Å². The van der Waals surface area contributed by atoms with Gasteiger partial charge in [0.15, 0.2) is 35.1 Å². The topological polar surface area (TPSA) is 160 Å². The molecule has 4 atom stereocenters. The second-order valence-corrected chi connectivity index (χ2v) is 8.85. The summed E-state index contributed by atoms with van der Waals surface area (Å²) in [6.07, 6.45) is 0.783. The lowest BCUT2D eigenvalue weighted by Gasteiger charge is -2.17. The first-order valence-corrected chi connectivity index (χ1v) is 11.5. The van der Waals surface area contributed by atoms with Crippen LogP contribution in [-0.4, -0.2) is 71.0 Å². The van der Waals surface area contributed by atoms with E-state index in [1.807, 2.05) is 0 Å². The molecule has 186 valence electrons. The maximum Gasteiger partial charge on any atom is 0.251 e. The number of aliphatic hydroxyl groups is 2. The van der Waals surface area contributed by atoms with E-state index in [1.54, 1.807) is 30.6 Å². The normalized spacial score (nSPS) is 21.6. The number of imidazole rings is 1. The number of carbonyl (C=O) groups is 1. The number of halogens is 2. The van der Waals surface area contributed by atoms with Crippen molar-refractivity contribution in [3.8, 4) is 11.4 Å². The molecule has 14 heteroatoms. The molecule has 1 fully saturated rings. The van der Waals surface area contributed by atoms with Crippen LogP contribution in [0.25, 0.3) is 22.6 Å². The summed E-state index contributed by atoms with van der Waals surface area (Å²) in [7, 11) is 1.41. The molecular weight excluding hydrogens is 511 g/mol. The SMILES string of the molecule is CNC(=O)[C@@H]1OC(n2cnc3c(NCc4cc(Cl)ccn4)nc(-c4cncc(Cl)c4)nc32)C(O)C1O. The highest BCUT2D eigenvalue weighted by Crippen LogP contribution is 2.34. The number of nitrogens with zero attached hydrogens (tertiary/aromatic N) is 6. The first-order valence-electron chi connectivity index (χ1n) is 10.8. The molecular formula is C22H20Cl2N8O4. The van der Waals surface area contributed by atoms with Crippen LogP contribution in [0.2, 0.25) is 10.0 Å². The minimum atomic E-state index is -1.45. The van der Waals surface area contributed by atoms with Crippen molar-refractivity contribution in [1.29, 1.82) is 0 Å². The number of nitrogens with one attached hydrogen (secondary N) is 2. The number of aromatic nitrogens is 6. The van der Waals surface area contributed by atoms with Crippen molar-refractivity contribution in [2.45, 2.75) is 31.1 Å². The largest absolute Gasteiger partial charge is 0.387 e. The molecule has 0 aliphatic carbocycles. The highest BCUT2D eigenvalue weighted by molar-refractivity contribution is 6.30. The van der Waals surface area contributed by atoms with E-state index < -0.39 is 30.4 Å². The van der Waals surface area contributed by atoms with E-state index in [9.17, 15) is 15.0 Å². The lowest BCUT2D eigenvalue weighted by molar-refractivity contribution is -0.137. The van der Waals surface area contributed by atoms with E-state index in [1.165, 1.54) is 24.1 Å². The Morgan fingerprint density at radius 2 is 1.97 bits per heavy atom. The number of hydrogen-bond acceptors (Lipinski definition) is 10. The fourth-order valence-electron chi connectivity index (χ4n) is 3.86. The molecule has 1 saturated heterocycles. The van der Waals surface area contributed by atoms with Gasteiger partial charge in [-0.25, -0.2) is 15.0 Å². The molecule has 5 rings (SSSR count). The van der Waals surface area contributed by atoms with Crippen molar-refractivity contribution in [3.05, 3.63) is 58.9 Å². The number of hydrogen-bond donors (Lipinski definition) is 4. The van der Waals surface area contributed by atoms with Crippen molar-refractivity contribution in [2.24, 2.45) is 0 Å². The van der Waals surface area contributed by atoms with Crippen LogP contribution in [-0.2, 0) is 16.1 Å². The molecule has 1 amide bonds. The van der Waals surface area contributed by atoms with Gasteiger partial charge in [0.1, 0.15) is 12.2 Å². The third-order valence-electron chi connectivity index (χ3n) is 5.62. The van der Waals surface area contributed by atoms with Crippen molar-refractivity contribution in [3.63, 3.8) is 0 Å². The summed E-state index contributed by atoms with van der Waals surface area (Å²) in [4.78, 5) is 34.1. The zero-order chi connectivity index (χ0) is 25.4. The molecule has 0 aromatic carbocycles. The fraction of sp³-hybridized carbons (Fsp3) is 0.273. The molecule has 4 aromatic heterocycles. The Balaban J connectivity index is 1.58. The number of anilines is 1. The first kappa shape index (κ1) is 24.3. The van der Waals surface area contributed by atoms with E-state index in [0.29, 0.717) is 32.6 Å². The molecule has 1 aliphatic rings. The number of likely N-dealkylation sites (N-methyl/N-ethyl adjacent to an activating group) is 1. The zero-order valence-corrected chi connectivity index (χ0v) is 20.2. The van der Waals surface area contributed by atoms with E-state index >= 15 is 0 Å². The number of carbonyl (C=O) groups excluding carboxylic acids is 1. The number of pyridine rings is 2. The number of rotatable bonds is 6. The molecule has 0 bridgehead atoms. The van der Waals surface area contributed by atoms with Gasteiger partial charge in [0, 0.05) is 36.2 Å². The van der Waals surface area contributed by atoms with Gasteiger partial charge >= 0.3 is 0 Å². The second kappa shape index (κ2) is 9.91. The van der Waals surface area contributed by atoms with Crippen LogP contribution in [0.5, 0.6) is 0 Å². The second-order valence-electron chi connectivity index (χ2n) is 7.97. The summed E-state index contributed by atoms with van der Waals surface area (Å²) < 4.78 is 7.15. The molecule has 0 radical (unpaired) electrons. The molecule has 4 aromatic rings. The van der Waals surface area contributed by atoms with Crippen LogP contribution in [0.3, 0.4) is 0 Å². The van der Waals surface area contributed by atoms with Gasteiger partial charge in [-0.1, -0.05) is 23.2 Å². The minimum absolute atomic E-state index is 0.275. The lowest BCUT2D eigenvalue weighted by Crippen LogP contribution is -2.41. The maximum atomic E-state index is 12.1. The van der Waals surface area contributed by atoms with Crippen LogP contribution in [0.4, 0.5) is 5.82 Å². The summed E-state index contributed by atoms with van der Waals surface area (Å²) >= 11 is 12.2. The molecule has 0 saturated carbocycles. The molecule has 0 spiro atoms. The van der Waals surface area contributed by atoms with Crippen molar-refractivity contribution in [2.75, 3.05) is 12.4 Å². The molecule has 1 aliphatic heterocycles. The predicted molar refractivity (Wildman–Crippen MR) is 130 cm³/mol. The van der Waals surface area contributed by atoms with Gasteiger partial charge in [0.25, 0.3) is 5.91 Å². The number of aliphatic hydroxyl groups excluding tert-OH is 2. The third-order valence-corrected chi connectivity index (χ3v) is 6.06. The zero-order valence-electron chi connectivity index (χ0n) is 18.7. The monoisotopic (exact) mass is 530 g/mol. The van der Waals surface area contributed by atoms with Gasteiger partial charge in [-0.2, -0.15) is 0 Å². The summed E-state index contributed by atoms with van der Waals surface area (Å²) in [5, 5.41) is 27.6. The molecule has 12 nitrogen and oxygen atoms in total. The Kier molecular flexibility index (Phi) is 6.69. The van der Waals surface area contributed by atoms with Gasteiger partial charge in [-0.3, -0.25) is 19.3 Å². The molecule has 5 heterocycles. The highest BCUT2D eigenvalue weighted by atomic mass is 35.5. The molecule has 3 unspecified atom stereocenters. The summed E-state index contributed by atoms with van der Waals surface area (Å²) in [6, 6.07) is 5.05. The predicted octanol–water partition coefficient (Wildman–Crippen LogP) is 1.57. The number of fused-ring (bicyclic) bond motifs is 1. The van der Waals surface area contributed by atoms with Crippen LogP contribution in [0.1, 0.15) is 11.9 Å². The van der Waals surface area contributed by atoms with Gasteiger partial charge in [0.05, 0.1) is 23.6 Å². The van der Waals surface area contributed by atoms with Crippen molar-refractivity contribution in [1.82, 2.24) is 34.8 Å². The standard InChI is InChI=1S/C22H20Cl2N8O4/c1-25-21(35)17-15(33)16(34)22(36-17)32-9-29-14-19(28-8-13-5-11(23)2-3-27-13)30-18(31-20(14)32)10-4-12(24)7-26-6-10/h2-7,9,15-17,22,33-34H,8H2,1H3,(H,25,35)(H,28,30,31)/t15?,16?,17-,22?/m1/s1.